The molecule has 19 heavy (non-hydrogen) atoms. The summed E-state index contributed by atoms with van der Waals surface area (Å²) in [6.07, 6.45) is 1.80. The number of ether oxygens (including phenoxy) is 1. The Kier molecular flexibility index (Phi) is 3.60. The van der Waals surface area contributed by atoms with E-state index in [9.17, 15) is 10.1 Å². The second-order valence-corrected chi connectivity index (χ2v) is 3.81. The van der Waals surface area contributed by atoms with Crippen LogP contribution in [0.15, 0.2) is 24.4 Å². The van der Waals surface area contributed by atoms with Crippen LogP contribution in [0.5, 0.6) is 5.88 Å². The molecule has 2 rings (SSSR count). The molecule has 0 spiro atoms. The third-order valence-electron chi connectivity index (χ3n) is 2.46. The number of pyridine rings is 1. The van der Waals surface area contributed by atoms with Crippen molar-refractivity contribution in [1.82, 2.24) is 14.8 Å². The number of methoxy groups -OCH3 is 1. The first-order valence-electron chi connectivity index (χ1n) is 5.52. The van der Waals surface area contributed by atoms with Crippen molar-refractivity contribution in [3.05, 3.63) is 40.2 Å². The van der Waals surface area contributed by atoms with Gasteiger partial charge in [-0.2, -0.15) is 10.1 Å². The van der Waals surface area contributed by atoms with Crippen molar-refractivity contribution in [2.75, 3.05) is 12.4 Å². The van der Waals surface area contributed by atoms with Gasteiger partial charge in [-0.25, -0.2) is 0 Å². The molecular formula is C11H13N5O3. The van der Waals surface area contributed by atoms with E-state index in [-0.39, 0.29) is 11.5 Å². The highest BCUT2D eigenvalue weighted by Crippen LogP contribution is 2.25. The highest BCUT2D eigenvalue weighted by molar-refractivity contribution is 5.57. The standard InChI is InChI=1S/C11H13N5O3/c1-15-6-5-8(14-15)7-12-11-9(16(17)18)3-4-10(13-11)19-2/h3-6H,7H2,1-2H3,(H,12,13). The van der Waals surface area contributed by atoms with Crippen LogP contribution < -0.4 is 10.1 Å². The van der Waals surface area contributed by atoms with Crippen molar-refractivity contribution < 1.29 is 9.66 Å². The molecule has 1 N–H and O–H groups in total. The molecule has 0 aliphatic carbocycles. The highest BCUT2D eigenvalue weighted by Gasteiger charge is 2.16. The van der Waals surface area contributed by atoms with Crippen LogP contribution in [-0.2, 0) is 13.6 Å². The number of hydrogen-bond donors (Lipinski definition) is 1. The minimum Gasteiger partial charge on any atom is -0.481 e. The van der Waals surface area contributed by atoms with Gasteiger partial charge in [-0.05, 0) is 6.07 Å². The van der Waals surface area contributed by atoms with Gasteiger partial charge in [0.15, 0.2) is 0 Å². The third-order valence-corrected chi connectivity index (χ3v) is 2.46. The Balaban J connectivity index is 2.19. The molecular weight excluding hydrogens is 250 g/mol. The molecule has 0 aromatic carbocycles. The number of nitro groups is 1. The number of aryl methyl sites for hydroxylation is 1. The van der Waals surface area contributed by atoms with Gasteiger partial charge >= 0.3 is 5.69 Å². The van der Waals surface area contributed by atoms with E-state index in [1.165, 1.54) is 19.2 Å². The van der Waals surface area contributed by atoms with E-state index in [0.29, 0.717) is 12.4 Å². The van der Waals surface area contributed by atoms with E-state index in [1.807, 2.05) is 6.07 Å². The van der Waals surface area contributed by atoms with Crippen molar-refractivity contribution in [1.29, 1.82) is 0 Å². The summed E-state index contributed by atoms with van der Waals surface area (Å²) < 4.78 is 6.61. The first-order valence-corrected chi connectivity index (χ1v) is 5.52. The fraction of sp³-hybridized carbons (Fsp3) is 0.273. The summed E-state index contributed by atoms with van der Waals surface area (Å²) in [6, 6.07) is 4.62. The smallest absolute Gasteiger partial charge is 0.311 e. The van der Waals surface area contributed by atoms with Crippen molar-refractivity contribution >= 4 is 11.5 Å². The molecule has 0 unspecified atom stereocenters. The number of nitrogens with zero attached hydrogens (tertiary/aromatic N) is 4. The number of nitrogens with one attached hydrogen (secondary N) is 1. The van der Waals surface area contributed by atoms with Gasteiger partial charge in [0.05, 0.1) is 24.3 Å². The van der Waals surface area contributed by atoms with E-state index in [4.69, 9.17) is 4.74 Å². The van der Waals surface area contributed by atoms with E-state index in [0.717, 1.165) is 5.69 Å². The zero-order valence-corrected chi connectivity index (χ0v) is 10.5. The molecule has 0 saturated heterocycles. The summed E-state index contributed by atoms with van der Waals surface area (Å²) in [6.45, 7) is 0.349. The van der Waals surface area contributed by atoms with Crippen LogP contribution >= 0.6 is 0 Å². The topological polar surface area (TPSA) is 95.1 Å². The van der Waals surface area contributed by atoms with Gasteiger partial charge in [0.2, 0.25) is 11.7 Å². The zero-order valence-electron chi connectivity index (χ0n) is 10.5. The number of aromatic nitrogens is 3. The van der Waals surface area contributed by atoms with Crippen LogP contribution in [0.2, 0.25) is 0 Å². The predicted octanol–water partition coefficient (Wildman–Crippen LogP) is 1.34. The highest BCUT2D eigenvalue weighted by atomic mass is 16.6. The van der Waals surface area contributed by atoms with Crippen LogP contribution in [0.1, 0.15) is 5.69 Å². The van der Waals surface area contributed by atoms with Gasteiger partial charge in [0, 0.05) is 25.4 Å². The van der Waals surface area contributed by atoms with E-state index in [1.54, 1.807) is 17.9 Å². The number of rotatable bonds is 5. The van der Waals surface area contributed by atoms with Gasteiger partial charge in [-0.15, -0.1) is 0 Å². The fourth-order valence-electron chi connectivity index (χ4n) is 1.56. The summed E-state index contributed by atoms with van der Waals surface area (Å²) in [5.41, 5.74) is 0.665. The normalized spacial score (nSPS) is 10.2. The molecule has 0 saturated carbocycles. The fourth-order valence-corrected chi connectivity index (χ4v) is 1.56. The second-order valence-electron chi connectivity index (χ2n) is 3.81. The molecule has 0 aliphatic rings. The minimum atomic E-state index is -0.493. The maximum Gasteiger partial charge on any atom is 0.311 e. The molecule has 0 aliphatic heterocycles. The summed E-state index contributed by atoms with van der Waals surface area (Å²) in [5.74, 6) is 0.476. The average molecular weight is 263 g/mol. The second kappa shape index (κ2) is 5.34. The van der Waals surface area contributed by atoms with Crippen LogP contribution in [0.3, 0.4) is 0 Å². The largest absolute Gasteiger partial charge is 0.481 e. The third kappa shape index (κ3) is 2.97. The Bertz CT molecular complexity index is 596. The lowest BCUT2D eigenvalue weighted by Gasteiger charge is -2.06. The van der Waals surface area contributed by atoms with Gasteiger partial charge in [-0.3, -0.25) is 14.8 Å². The Morgan fingerprint density at radius 3 is 2.84 bits per heavy atom. The molecule has 8 heteroatoms. The molecule has 2 aromatic heterocycles. The Morgan fingerprint density at radius 2 is 2.26 bits per heavy atom. The SMILES string of the molecule is COc1ccc([N+](=O)[O-])c(NCc2ccn(C)n2)n1. The van der Waals surface area contributed by atoms with Crippen molar-refractivity contribution in [3.8, 4) is 5.88 Å². The molecule has 100 valence electrons. The van der Waals surface area contributed by atoms with Gasteiger partial charge in [0.25, 0.3) is 0 Å². The zero-order chi connectivity index (χ0) is 13.8. The van der Waals surface area contributed by atoms with Crippen molar-refractivity contribution in [3.63, 3.8) is 0 Å². The van der Waals surface area contributed by atoms with Crippen LogP contribution in [0.25, 0.3) is 0 Å². The first kappa shape index (κ1) is 12.8. The quantitative estimate of drug-likeness (QED) is 0.646. The summed E-state index contributed by atoms with van der Waals surface area (Å²) in [4.78, 5) is 14.4. The monoisotopic (exact) mass is 263 g/mol. The van der Waals surface area contributed by atoms with E-state index in [2.05, 4.69) is 15.4 Å². The molecule has 0 radical (unpaired) electrons. The molecule has 8 nitrogen and oxygen atoms in total. The first-order chi connectivity index (χ1) is 9.10. The Morgan fingerprint density at radius 1 is 1.47 bits per heavy atom. The lowest BCUT2D eigenvalue weighted by molar-refractivity contribution is -0.384. The maximum absolute atomic E-state index is 10.9. The Labute approximate surface area is 109 Å². The van der Waals surface area contributed by atoms with Crippen molar-refractivity contribution in [2.24, 2.45) is 7.05 Å². The minimum absolute atomic E-state index is 0.100. The molecule has 2 aromatic rings. The summed E-state index contributed by atoms with van der Waals surface area (Å²) in [7, 11) is 3.26. The molecule has 0 amide bonds. The van der Waals surface area contributed by atoms with E-state index >= 15 is 0 Å². The molecule has 0 bridgehead atoms. The molecule has 0 fully saturated rings. The summed E-state index contributed by atoms with van der Waals surface area (Å²) in [5, 5.41) is 18.0. The summed E-state index contributed by atoms with van der Waals surface area (Å²) >= 11 is 0. The van der Waals surface area contributed by atoms with Gasteiger partial charge < -0.3 is 10.1 Å². The lowest BCUT2D eigenvalue weighted by Crippen LogP contribution is -2.06. The van der Waals surface area contributed by atoms with Crippen molar-refractivity contribution in [2.45, 2.75) is 6.54 Å². The van der Waals surface area contributed by atoms with Crippen LogP contribution in [0.4, 0.5) is 11.5 Å². The van der Waals surface area contributed by atoms with Crippen LogP contribution in [0, 0.1) is 10.1 Å². The average Bonchev–Trinajstić information content (AvgIpc) is 2.81. The maximum atomic E-state index is 10.9. The van der Waals surface area contributed by atoms with Gasteiger partial charge in [-0.1, -0.05) is 0 Å². The molecule has 2 heterocycles. The lowest BCUT2D eigenvalue weighted by atomic mass is 10.3. The predicted molar refractivity (Wildman–Crippen MR) is 68.0 cm³/mol. The molecule has 0 atom stereocenters. The Hall–Kier alpha value is -2.64. The number of hydrogen-bond acceptors (Lipinski definition) is 6. The number of anilines is 1. The van der Waals surface area contributed by atoms with E-state index < -0.39 is 4.92 Å². The van der Waals surface area contributed by atoms with Crippen LogP contribution in [-0.4, -0.2) is 26.8 Å². The van der Waals surface area contributed by atoms with Gasteiger partial charge in [0.1, 0.15) is 0 Å².